The van der Waals surface area contributed by atoms with Gasteiger partial charge in [0.1, 0.15) is 11.5 Å². The van der Waals surface area contributed by atoms with Crippen molar-refractivity contribution in [2.45, 2.75) is 12.1 Å². The van der Waals surface area contributed by atoms with Crippen LogP contribution in [0.1, 0.15) is 6.92 Å². The minimum Gasteiger partial charge on any atom is -0.497 e. The maximum absolute atomic E-state index is 11.4. The summed E-state index contributed by atoms with van der Waals surface area (Å²) in [6.07, 6.45) is 0. The van der Waals surface area contributed by atoms with Crippen LogP contribution in [0, 0.1) is 0 Å². The molecular formula is C14H18N4O4S. The highest BCUT2D eigenvalue weighted by atomic mass is 32.2. The van der Waals surface area contributed by atoms with Gasteiger partial charge in [-0.1, -0.05) is 11.8 Å². The van der Waals surface area contributed by atoms with Gasteiger partial charge in [-0.15, -0.1) is 10.2 Å². The van der Waals surface area contributed by atoms with Gasteiger partial charge in [-0.25, -0.2) is 4.68 Å². The Morgan fingerprint density at radius 2 is 2.09 bits per heavy atom. The van der Waals surface area contributed by atoms with Crippen LogP contribution < -0.4 is 15.3 Å². The van der Waals surface area contributed by atoms with Crippen LogP contribution in [-0.4, -0.2) is 47.4 Å². The number of hydrogen-bond donors (Lipinski definition) is 1. The van der Waals surface area contributed by atoms with Gasteiger partial charge in [0, 0.05) is 6.07 Å². The lowest BCUT2D eigenvalue weighted by Crippen LogP contribution is -2.13. The number of ether oxygens (including phenoxy) is 3. The topological polar surface area (TPSA) is 101 Å². The van der Waals surface area contributed by atoms with Crippen LogP contribution in [0.15, 0.2) is 23.4 Å². The number of hydrogen-bond acceptors (Lipinski definition) is 8. The minimum atomic E-state index is -0.330. The summed E-state index contributed by atoms with van der Waals surface area (Å²) in [4.78, 5) is 11.4. The Morgan fingerprint density at radius 1 is 1.30 bits per heavy atom. The molecule has 0 radical (unpaired) electrons. The fourth-order valence-corrected chi connectivity index (χ4v) is 2.52. The number of methoxy groups -OCH3 is 2. The molecule has 1 aromatic heterocycles. The largest absolute Gasteiger partial charge is 0.497 e. The van der Waals surface area contributed by atoms with Crippen LogP contribution in [0.5, 0.6) is 11.5 Å². The highest BCUT2D eigenvalue weighted by molar-refractivity contribution is 7.99. The highest BCUT2D eigenvalue weighted by Gasteiger charge is 2.17. The number of nitrogen functional groups attached to an aromatic ring is 1. The molecule has 0 saturated carbocycles. The molecule has 1 heterocycles. The van der Waals surface area contributed by atoms with E-state index in [0.29, 0.717) is 34.7 Å². The third kappa shape index (κ3) is 3.86. The zero-order valence-electron chi connectivity index (χ0n) is 13.1. The number of benzene rings is 1. The van der Waals surface area contributed by atoms with Gasteiger partial charge in [0.2, 0.25) is 5.16 Å². The molecule has 0 bridgehead atoms. The zero-order chi connectivity index (χ0) is 16.8. The zero-order valence-corrected chi connectivity index (χ0v) is 13.9. The Hall–Kier alpha value is -2.42. The normalized spacial score (nSPS) is 10.4. The van der Waals surface area contributed by atoms with Crippen molar-refractivity contribution in [1.82, 2.24) is 14.9 Å². The SMILES string of the molecule is CCOC(=O)CSc1nnc(-c2ccc(OC)cc2OC)n1N. The lowest BCUT2D eigenvalue weighted by molar-refractivity contribution is -0.139. The van der Waals surface area contributed by atoms with Gasteiger partial charge < -0.3 is 20.1 Å². The molecule has 124 valence electrons. The molecule has 0 fully saturated rings. The quantitative estimate of drug-likeness (QED) is 0.458. The molecule has 0 aliphatic rings. The van der Waals surface area contributed by atoms with Crippen LogP contribution >= 0.6 is 11.8 Å². The summed E-state index contributed by atoms with van der Waals surface area (Å²) in [5, 5.41) is 8.48. The Kier molecular flexibility index (Phi) is 5.69. The second-order valence-corrected chi connectivity index (χ2v) is 5.28. The second kappa shape index (κ2) is 7.73. The van der Waals surface area contributed by atoms with Crippen LogP contribution in [0.4, 0.5) is 0 Å². The van der Waals surface area contributed by atoms with Crippen LogP contribution in [0.25, 0.3) is 11.4 Å². The van der Waals surface area contributed by atoms with Crippen molar-refractivity contribution in [1.29, 1.82) is 0 Å². The molecule has 8 nitrogen and oxygen atoms in total. The summed E-state index contributed by atoms with van der Waals surface area (Å²) in [6.45, 7) is 2.09. The summed E-state index contributed by atoms with van der Waals surface area (Å²) >= 11 is 1.16. The molecule has 1 aromatic carbocycles. The fraction of sp³-hybridized carbons (Fsp3) is 0.357. The van der Waals surface area contributed by atoms with E-state index in [-0.39, 0.29) is 11.7 Å². The Bertz CT molecular complexity index is 689. The average Bonchev–Trinajstić information content (AvgIpc) is 2.93. The number of carbonyl (C=O) groups excluding carboxylic acids is 1. The number of rotatable bonds is 7. The number of aromatic nitrogens is 3. The molecule has 23 heavy (non-hydrogen) atoms. The van der Waals surface area contributed by atoms with Crippen LogP contribution in [0.3, 0.4) is 0 Å². The van der Waals surface area contributed by atoms with E-state index in [4.69, 9.17) is 20.1 Å². The predicted molar refractivity (Wildman–Crippen MR) is 86.1 cm³/mol. The lowest BCUT2D eigenvalue weighted by atomic mass is 10.2. The predicted octanol–water partition coefficient (Wildman–Crippen LogP) is 1.33. The molecule has 2 N–H and O–H groups in total. The summed E-state index contributed by atoms with van der Waals surface area (Å²) in [5.41, 5.74) is 0.672. The maximum Gasteiger partial charge on any atom is 0.316 e. The summed E-state index contributed by atoms with van der Waals surface area (Å²) in [5.74, 6) is 7.45. The molecule has 0 atom stereocenters. The average molecular weight is 338 g/mol. The standard InChI is InChI=1S/C14H18N4O4S/c1-4-22-12(19)8-23-14-17-16-13(18(14)15)10-6-5-9(20-2)7-11(10)21-3/h5-7H,4,8,15H2,1-3H3. The Morgan fingerprint density at radius 3 is 2.74 bits per heavy atom. The minimum absolute atomic E-state index is 0.114. The van der Waals surface area contributed by atoms with E-state index in [1.54, 1.807) is 39.3 Å². The van der Waals surface area contributed by atoms with Gasteiger partial charge in [-0.2, -0.15) is 0 Å². The summed E-state index contributed by atoms with van der Waals surface area (Å²) in [6, 6.07) is 5.29. The highest BCUT2D eigenvalue weighted by Crippen LogP contribution is 2.32. The first-order valence-electron chi connectivity index (χ1n) is 6.82. The van der Waals surface area contributed by atoms with Crippen molar-refractivity contribution in [2.75, 3.05) is 32.4 Å². The van der Waals surface area contributed by atoms with E-state index in [0.717, 1.165) is 11.8 Å². The van der Waals surface area contributed by atoms with Crippen molar-refractivity contribution < 1.29 is 19.0 Å². The number of nitrogens with two attached hydrogens (primary N) is 1. The first-order chi connectivity index (χ1) is 11.1. The van der Waals surface area contributed by atoms with Gasteiger partial charge in [0.25, 0.3) is 0 Å². The third-order valence-electron chi connectivity index (χ3n) is 2.94. The summed E-state index contributed by atoms with van der Waals surface area (Å²) < 4.78 is 16.7. The molecule has 2 aromatic rings. The molecule has 0 unspecified atom stereocenters. The molecule has 0 saturated heterocycles. The second-order valence-electron chi connectivity index (χ2n) is 4.34. The summed E-state index contributed by atoms with van der Waals surface area (Å²) in [7, 11) is 3.12. The monoisotopic (exact) mass is 338 g/mol. The molecule has 9 heteroatoms. The Labute approximate surface area is 137 Å². The van der Waals surface area contributed by atoms with Crippen molar-refractivity contribution in [3.63, 3.8) is 0 Å². The van der Waals surface area contributed by atoms with E-state index >= 15 is 0 Å². The van der Waals surface area contributed by atoms with Crippen LogP contribution in [0.2, 0.25) is 0 Å². The molecule has 0 amide bonds. The van der Waals surface area contributed by atoms with E-state index in [2.05, 4.69) is 10.2 Å². The first kappa shape index (κ1) is 16.9. The number of carbonyl (C=O) groups is 1. The molecular weight excluding hydrogens is 320 g/mol. The van der Waals surface area contributed by atoms with Crippen molar-refractivity contribution in [3.8, 4) is 22.9 Å². The van der Waals surface area contributed by atoms with Crippen molar-refractivity contribution in [2.24, 2.45) is 0 Å². The van der Waals surface area contributed by atoms with Gasteiger partial charge in [-0.3, -0.25) is 4.79 Å². The van der Waals surface area contributed by atoms with Crippen molar-refractivity contribution >= 4 is 17.7 Å². The number of nitrogens with zero attached hydrogens (tertiary/aromatic N) is 3. The van der Waals surface area contributed by atoms with E-state index in [9.17, 15) is 4.79 Å². The molecule has 0 aliphatic heterocycles. The van der Waals surface area contributed by atoms with Gasteiger partial charge >= 0.3 is 5.97 Å². The van der Waals surface area contributed by atoms with E-state index in [1.807, 2.05) is 0 Å². The fourth-order valence-electron chi connectivity index (χ4n) is 1.87. The van der Waals surface area contributed by atoms with E-state index < -0.39 is 0 Å². The first-order valence-corrected chi connectivity index (χ1v) is 7.80. The number of esters is 1. The van der Waals surface area contributed by atoms with E-state index in [1.165, 1.54) is 4.68 Å². The third-order valence-corrected chi connectivity index (χ3v) is 3.86. The molecule has 0 aliphatic carbocycles. The van der Waals surface area contributed by atoms with Gasteiger partial charge in [0.05, 0.1) is 32.1 Å². The molecule has 0 spiro atoms. The van der Waals surface area contributed by atoms with Crippen LogP contribution in [-0.2, 0) is 9.53 Å². The smallest absolute Gasteiger partial charge is 0.316 e. The lowest BCUT2D eigenvalue weighted by Gasteiger charge is -2.10. The van der Waals surface area contributed by atoms with Crippen molar-refractivity contribution in [3.05, 3.63) is 18.2 Å². The Balaban J connectivity index is 2.23. The molecule has 2 rings (SSSR count). The number of thioether (sulfide) groups is 1. The van der Waals surface area contributed by atoms with Gasteiger partial charge in [0.15, 0.2) is 5.82 Å². The van der Waals surface area contributed by atoms with Gasteiger partial charge in [-0.05, 0) is 19.1 Å². The maximum atomic E-state index is 11.4.